The van der Waals surface area contributed by atoms with Gasteiger partial charge in [-0.05, 0) is 30.3 Å². The molecule has 5 nitrogen and oxygen atoms in total. The van der Waals surface area contributed by atoms with Crippen molar-refractivity contribution in [2.45, 2.75) is 0 Å². The first-order valence-electron chi connectivity index (χ1n) is 8.03. The number of benzene rings is 2. The predicted molar refractivity (Wildman–Crippen MR) is 104 cm³/mol. The Morgan fingerprint density at radius 1 is 0.962 bits per heavy atom. The molecule has 0 aliphatic carbocycles. The average molecular weight is 390 g/mol. The Kier molecular flexibility index (Phi) is 5.49. The Labute approximate surface area is 160 Å². The summed E-state index contributed by atoms with van der Waals surface area (Å²) in [6.45, 7) is 0.588. The van der Waals surface area contributed by atoms with Gasteiger partial charge in [0.15, 0.2) is 0 Å². The second kappa shape index (κ2) is 7.81. The summed E-state index contributed by atoms with van der Waals surface area (Å²) < 4.78 is 1.84. The minimum absolute atomic E-state index is 0.192. The van der Waals surface area contributed by atoms with E-state index in [2.05, 4.69) is 10.6 Å². The summed E-state index contributed by atoms with van der Waals surface area (Å²) in [4.78, 5) is 24.5. The highest BCUT2D eigenvalue weighted by Crippen LogP contribution is 2.21. The largest absolute Gasteiger partial charge is 0.350 e. The van der Waals surface area contributed by atoms with Crippen LogP contribution in [0, 0.1) is 0 Å². The molecule has 0 fully saturated rings. The van der Waals surface area contributed by atoms with E-state index in [0.29, 0.717) is 22.8 Å². The molecule has 2 N–H and O–H groups in total. The van der Waals surface area contributed by atoms with Gasteiger partial charge in [-0.3, -0.25) is 9.59 Å². The summed E-state index contributed by atoms with van der Waals surface area (Å²) >= 11 is 11.8. The van der Waals surface area contributed by atoms with Crippen LogP contribution in [0.3, 0.4) is 0 Å². The van der Waals surface area contributed by atoms with Gasteiger partial charge >= 0.3 is 0 Å². The molecule has 3 aromatic rings. The highest BCUT2D eigenvalue weighted by Gasteiger charge is 2.13. The fourth-order valence-electron chi connectivity index (χ4n) is 2.72. The zero-order chi connectivity index (χ0) is 18.7. The molecule has 1 heterocycles. The second-order valence-electron chi connectivity index (χ2n) is 5.78. The molecule has 0 aliphatic rings. The van der Waals surface area contributed by atoms with E-state index in [1.165, 1.54) is 6.07 Å². The van der Waals surface area contributed by atoms with Crippen LogP contribution in [0.15, 0.2) is 48.5 Å². The molecule has 0 spiro atoms. The quantitative estimate of drug-likeness (QED) is 0.654. The minimum atomic E-state index is -0.314. The maximum absolute atomic E-state index is 12.4. The van der Waals surface area contributed by atoms with Crippen LogP contribution >= 0.6 is 23.2 Å². The molecule has 0 aliphatic heterocycles. The summed E-state index contributed by atoms with van der Waals surface area (Å²) in [5.41, 5.74) is 1.90. The van der Waals surface area contributed by atoms with Crippen molar-refractivity contribution in [1.82, 2.24) is 15.2 Å². The first-order valence-corrected chi connectivity index (χ1v) is 8.79. The van der Waals surface area contributed by atoms with Crippen molar-refractivity contribution in [3.63, 3.8) is 0 Å². The van der Waals surface area contributed by atoms with Gasteiger partial charge < -0.3 is 15.2 Å². The zero-order valence-corrected chi connectivity index (χ0v) is 15.6. The van der Waals surface area contributed by atoms with Crippen molar-refractivity contribution >= 4 is 45.9 Å². The van der Waals surface area contributed by atoms with Gasteiger partial charge in [0.25, 0.3) is 11.8 Å². The normalized spacial score (nSPS) is 10.7. The summed E-state index contributed by atoms with van der Waals surface area (Å²) in [6, 6.07) is 14.3. The van der Waals surface area contributed by atoms with Gasteiger partial charge in [0.05, 0.1) is 10.6 Å². The SMILES string of the molecule is Cn1c(C(=O)NCCNC(=O)c2ccc(Cl)cc2Cl)cc2ccccc21. The van der Waals surface area contributed by atoms with E-state index in [9.17, 15) is 9.59 Å². The molecular weight excluding hydrogens is 373 g/mol. The van der Waals surface area contributed by atoms with Crippen LogP contribution in [-0.2, 0) is 7.05 Å². The number of aryl methyl sites for hydroxylation is 1. The smallest absolute Gasteiger partial charge is 0.267 e. The Hall–Kier alpha value is -2.50. The van der Waals surface area contributed by atoms with Crippen LogP contribution in [0.2, 0.25) is 10.0 Å². The van der Waals surface area contributed by atoms with Crippen molar-refractivity contribution in [1.29, 1.82) is 0 Å². The Balaban J connectivity index is 1.55. The van der Waals surface area contributed by atoms with E-state index in [1.807, 2.05) is 41.9 Å². The van der Waals surface area contributed by atoms with Crippen LogP contribution in [0.25, 0.3) is 10.9 Å². The molecule has 7 heteroatoms. The van der Waals surface area contributed by atoms with Crippen molar-refractivity contribution in [3.8, 4) is 0 Å². The molecule has 26 heavy (non-hydrogen) atoms. The molecule has 2 aromatic carbocycles. The lowest BCUT2D eigenvalue weighted by Gasteiger charge is -2.09. The summed E-state index contributed by atoms with van der Waals surface area (Å²) in [6.07, 6.45) is 0. The molecule has 0 radical (unpaired) electrons. The van der Waals surface area contributed by atoms with E-state index >= 15 is 0 Å². The van der Waals surface area contributed by atoms with Gasteiger partial charge in [0.1, 0.15) is 5.69 Å². The van der Waals surface area contributed by atoms with E-state index in [4.69, 9.17) is 23.2 Å². The van der Waals surface area contributed by atoms with Crippen LogP contribution < -0.4 is 10.6 Å². The maximum Gasteiger partial charge on any atom is 0.267 e. The van der Waals surface area contributed by atoms with Gasteiger partial charge in [-0.1, -0.05) is 41.4 Å². The number of halogens is 2. The minimum Gasteiger partial charge on any atom is -0.350 e. The van der Waals surface area contributed by atoms with Crippen molar-refractivity contribution < 1.29 is 9.59 Å². The number of rotatable bonds is 5. The number of aromatic nitrogens is 1. The van der Waals surface area contributed by atoms with E-state index in [1.54, 1.807) is 12.1 Å². The van der Waals surface area contributed by atoms with Gasteiger partial charge in [-0.2, -0.15) is 0 Å². The Morgan fingerprint density at radius 2 is 1.65 bits per heavy atom. The monoisotopic (exact) mass is 389 g/mol. The number of carbonyl (C=O) groups is 2. The van der Waals surface area contributed by atoms with E-state index in [0.717, 1.165) is 10.9 Å². The standard InChI is InChI=1S/C19H17Cl2N3O2/c1-24-16-5-3-2-4-12(16)10-17(24)19(26)23-9-8-22-18(25)14-7-6-13(20)11-15(14)21/h2-7,10-11H,8-9H2,1H3,(H,22,25)(H,23,26). The number of carbonyl (C=O) groups excluding carboxylic acids is 2. The molecule has 0 atom stereocenters. The number of para-hydroxylation sites is 1. The summed E-state index contributed by atoms with van der Waals surface area (Å²) in [5.74, 6) is -0.506. The number of hydrogen-bond donors (Lipinski definition) is 2. The fourth-order valence-corrected chi connectivity index (χ4v) is 3.21. The third-order valence-corrected chi connectivity index (χ3v) is 4.60. The lowest BCUT2D eigenvalue weighted by atomic mass is 10.2. The van der Waals surface area contributed by atoms with E-state index in [-0.39, 0.29) is 23.4 Å². The van der Waals surface area contributed by atoms with Crippen LogP contribution in [0.5, 0.6) is 0 Å². The first-order chi connectivity index (χ1) is 12.5. The third-order valence-electron chi connectivity index (χ3n) is 4.06. The molecule has 1 aromatic heterocycles. The molecule has 0 bridgehead atoms. The van der Waals surface area contributed by atoms with Crippen LogP contribution in [0.1, 0.15) is 20.8 Å². The zero-order valence-electron chi connectivity index (χ0n) is 14.1. The summed E-state index contributed by atoms with van der Waals surface area (Å²) in [5, 5.41) is 7.28. The number of fused-ring (bicyclic) bond motifs is 1. The predicted octanol–water partition coefficient (Wildman–Crippen LogP) is 3.64. The highest BCUT2D eigenvalue weighted by molar-refractivity contribution is 6.36. The molecule has 0 saturated carbocycles. The third kappa shape index (κ3) is 3.84. The van der Waals surface area contributed by atoms with Crippen molar-refractivity contribution in [3.05, 3.63) is 69.8 Å². The second-order valence-corrected chi connectivity index (χ2v) is 6.63. The molecule has 134 valence electrons. The Morgan fingerprint density at radius 3 is 2.35 bits per heavy atom. The molecule has 2 amide bonds. The first kappa shape index (κ1) is 18.3. The molecular formula is C19H17Cl2N3O2. The number of hydrogen-bond acceptors (Lipinski definition) is 2. The van der Waals surface area contributed by atoms with Gasteiger partial charge in [-0.25, -0.2) is 0 Å². The highest BCUT2D eigenvalue weighted by atomic mass is 35.5. The number of nitrogens with one attached hydrogen (secondary N) is 2. The van der Waals surface area contributed by atoms with Crippen molar-refractivity contribution in [2.24, 2.45) is 7.05 Å². The van der Waals surface area contributed by atoms with Crippen LogP contribution in [0.4, 0.5) is 0 Å². The molecule has 0 saturated heterocycles. The van der Waals surface area contributed by atoms with Crippen LogP contribution in [-0.4, -0.2) is 29.5 Å². The van der Waals surface area contributed by atoms with Gasteiger partial charge in [0, 0.05) is 36.1 Å². The summed E-state index contributed by atoms with van der Waals surface area (Å²) in [7, 11) is 1.85. The molecule has 3 rings (SSSR count). The lowest BCUT2D eigenvalue weighted by molar-refractivity contribution is 0.0923. The molecule has 0 unspecified atom stereocenters. The average Bonchev–Trinajstić information content (AvgIpc) is 2.95. The van der Waals surface area contributed by atoms with Crippen molar-refractivity contribution in [2.75, 3.05) is 13.1 Å². The number of nitrogens with zero attached hydrogens (tertiary/aromatic N) is 1. The van der Waals surface area contributed by atoms with E-state index < -0.39 is 0 Å². The van der Waals surface area contributed by atoms with Gasteiger partial charge in [-0.15, -0.1) is 0 Å². The lowest BCUT2D eigenvalue weighted by Crippen LogP contribution is -2.35. The maximum atomic E-state index is 12.4. The fraction of sp³-hybridized carbons (Fsp3) is 0.158. The topological polar surface area (TPSA) is 63.1 Å². The number of amides is 2. The van der Waals surface area contributed by atoms with Gasteiger partial charge in [0.2, 0.25) is 0 Å². The Bertz CT molecular complexity index is 982.